The molecule has 0 aliphatic rings. The summed E-state index contributed by atoms with van der Waals surface area (Å²) in [5.74, 6) is 1.16. The molecule has 25 heavy (non-hydrogen) atoms. The molecule has 0 fully saturated rings. The Bertz CT molecular complexity index is 813. The number of nitrogens with zero attached hydrogens (tertiary/aromatic N) is 2. The van der Waals surface area contributed by atoms with Crippen molar-refractivity contribution < 1.29 is 18.7 Å². The van der Waals surface area contributed by atoms with Gasteiger partial charge < -0.3 is 13.9 Å². The van der Waals surface area contributed by atoms with Crippen LogP contribution in [0.4, 0.5) is 0 Å². The fraction of sp³-hybridized carbons (Fsp3) is 0.211. The molecule has 1 aromatic heterocycles. The first-order valence-corrected chi connectivity index (χ1v) is 7.91. The number of hydrogen-bond acceptors (Lipinski definition) is 6. The molecule has 6 nitrogen and oxygen atoms in total. The van der Waals surface area contributed by atoms with Gasteiger partial charge in [-0.2, -0.15) is 0 Å². The SMILES string of the molecule is COc1ccc(CCC(=O)OCc2nnc(-c3ccccc3)o2)cc1. The van der Waals surface area contributed by atoms with E-state index in [0.29, 0.717) is 12.3 Å². The van der Waals surface area contributed by atoms with Crippen LogP contribution < -0.4 is 4.74 Å². The Morgan fingerprint density at radius 3 is 2.52 bits per heavy atom. The summed E-state index contributed by atoms with van der Waals surface area (Å²) in [5, 5.41) is 7.85. The maximum Gasteiger partial charge on any atom is 0.306 e. The molecule has 0 amide bonds. The van der Waals surface area contributed by atoms with Crippen LogP contribution in [0, 0.1) is 0 Å². The van der Waals surface area contributed by atoms with Gasteiger partial charge in [0.25, 0.3) is 5.89 Å². The highest BCUT2D eigenvalue weighted by Crippen LogP contribution is 2.17. The Morgan fingerprint density at radius 1 is 1.04 bits per heavy atom. The van der Waals surface area contributed by atoms with Crippen molar-refractivity contribution in [2.75, 3.05) is 7.11 Å². The maximum atomic E-state index is 11.9. The van der Waals surface area contributed by atoms with E-state index in [1.807, 2.05) is 54.6 Å². The number of benzene rings is 2. The Kier molecular flexibility index (Phi) is 5.41. The lowest BCUT2D eigenvalue weighted by Crippen LogP contribution is -2.06. The minimum atomic E-state index is -0.310. The zero-order chi connectivity index (χ0) is 17.5. The lowest BCUT2D eigenvalue weighted by molar-refractivity contribution is -0.145. The van der Waals surface area contributed by atoms with Crippen LogP contribution in [0.3, 0.4) is 0 Å². The van der Waals surface area contributed by atoms with Crippen molar-refractivity contribution in [1.29, 1.82) is 0 Å². The quantitative estimate of drug-likeness (QED) is 0.615. The van der Waals surface area contributed by atoms with Gasteiger partial charge in [0.15, 0.2) is 6.61 Å². The van der Waals surface area contributed by atoms with Crippen molar-refractivity contribution in [3.05, 3.63) is 66.1 Å². The second-order valence-corrected chi connectivity index (χ2v) is 5.38. The summed E-state index contributed by atoms with van der Waals surface area (Å²) >= 11 is 0. The summed E-state index contributed by atoms with van der Waals surface area (Å²) in [6, 6.07) is 17.0. The summed E-state index contributed by atoms with van der Waals surface area (Å²) in [7, 11) is 1.62. The van der Waals surface area contributed by atoms with Gasteiger partial charge in [-0.15, -0.1) is 10.2 Å². The molecule has 0 saturated carbocycles. The van der Waals surface area contributed by atoms with Crippen LogP contribution in [-0.2, 0) is 22.6 Å². The fourth-order valence-electron chi connectivity index (χ4n) is 2.26. The maximum absolute atomic E-state index is 11.9. The zero-order valence-corrected chi connectivity index (χ0v) is 13.8. The number of carbonyl (C=O) groups is 1. The number of aryl methyl sites for hydroxylation is 1. The monoisotopic (exact) mass is 338 g/mol. The van der Waals surface area contributed by atoms with Crippen LogP contribution in [-0.4, -0.2) is 23.3 Å². The van der Waals surface area contributed by atoms with Gasteiger partial charge in [-0.25, -0.2) is 0 Å². The average molecular weight is 338 g/mol. The van der Waals surface area contributed by atoms with Crippen LogP contribution in [0.15, 0.2) is 59.0 Å². The molecule has 0 atom stereocenters. The summed E-state index contributed by atoms with van der Waals surface area (Å²) in [5.41, 5.74) is 1.87. The third-order valence-electron chi connectivity index (χ3n) is 3.62. The van der Waals surface area contributed by atoms with Crippen molar-refractivity contribution in [3.8, 4) is 17.2 Å². The Balaban J connectivity index is 1.46. The van der Waals surface area contributed by atoms with E-state index in [4.69, 9.17) is 13.9 Å². The van der Waals surface area contributed by atoms with E-state index in [1.165, 1.54) is 0 Å². The highest BCUT2D eigenvalue weighted by Gasteiger charge is 2.11. The van der Waals surface area contributed by atoms with Crippen LogP contribution in [0.1, 0.15) is 17.9 Å². The highest BCUT2D eigenvalue weighted by molar-refractivity contribution is 5.69. The van der Waals surface area contributed by atoms with Crippen molar-refractivity contribution in [2.24, 2.45) is 0 Å². The van der Waals surface area contributed by atoms with Crippen LogP contribution in [0.5, 0.6) is 5.75 Å². The minimum Gasteiger partial charge on any atom is -0.497 e. The van der Waals surface area contributed by atoms with E-state index in [1.54, 1.807) is 7.11 Å². The Morgan fingerprint density at radius 2 is 1.80 bits per heavy atom. The number of ether oxygens (including phenoxy) is 2. The van der Waals surface area contributed by atoms with Gasteiger partial charge in [-0.3, -0.25) is 4.79 Å². The van der Waals surface area contributed by atoms with Crippen molar-refractivity contribution >= 4 is 5.97 Å². The molecule has 6 heteroatoms. The number of hydrogen-bond donors (Lipinski definition) is 0. The first-order chi connectivity index (χ1) is 12.2. The smallest absolute Gasteiger partial charge is 0.306 e. The molecule has 0 saturated heterocycles. The van der Waals surface area contributed by atoms with E-state index in [9.17, 15) is 4.79 Å². The third-order valence-corrected chi connectivity index (χ3v) is 3.62. The molecule has 0 aliphatic carbocycles. The predicted molar refractivity (Wildman–Crippen MR) is 90.8 cm³/mol. The van der Waals surface area contributed by atoms with Gasteiger partial charge in [0.05, 0.1) is 7.11 Å². The number of aromatic nitrogens is 2. The highest BCUT2D eigenvalue weighted by atomic mass is 16.5. The van der Waals surface area contributed by atoms with Gasteiger partial charge in [-0.1, -0.05) is 30.3 Å². The van der Waals surface area contributed by atoms with Crippen LogP contribution in [0.25, 0.3) is 11.5 Å². The van der Waals surface area contributed by atoms with Gasteiger partial charge >= 0.3 is 5.97 Å². The molecule has 128 valence electrons. The summed E-state index contributed by atoms with van der Waals surface area (Å²) in [6.45, 7) is -0.0265. The van der Waals surface area contributed by atoms with Crippen molar-refractivity contribution in [3.63, 3.8) is 0 Å². The molecule has 2 aromatic carbocycles. The lowest BCUT2D eigenvalue weighted by Gasteiger charge is -2.04. The molecular weight excluding hydrogens is 320 g/mol. The topological polar surface area (TPSA) is 74.5 Å². The molecular formula is C19H18N2O4. The molecule has 0 bridgehead atoms. The van der Waals surface area contributed by atoms with Gasteiger partial charge in [-0.05, 0) is 36.2 Å². The minimum absolute atomic E-state index is 0.0265. The predicted octanol–water partition coefficient (Wildman–Crippen LogP) is 3.42. The van der Waals surface area contributed by atoms with Crippen LogP contribution in [0.2, 0.25) is 0 Å². The van der Waals surface area contributed by atoms with E-state index < -0.39 is 0 Å². The largest absolute Gasteiger partial charge is 0.497 e. The molecule has 3 rings (SSSR count). The van der Waals surface area contributed by atoms with E-state index in [-0.39, 0.29) is 24.9 Å². The van der Waals surface area contributed by atoms with E-state index in [2.05, 4.69) is 10.2 Å². The number of methoxy groups -OCH3 is 1. The second-order valence-electron chi connectivity index (χ2n) is 5.38. The fourth-order valence-corrected chi connectivity index (χ4v) is 2.26. The first-order valence-electron chi connectivity index (χ1n) is 7.91. The molecule has 0 unspecified atom stereocenters. The van der Waals surface area contributed by atoms with Gasteiger partial charge in [0, 0.05) is 12.0 Å². The summed E-state index contributed by atoms with van der Waals surface area (Å²) in [4.78, 5) is 11.9. The molecule has 0 spiro atoms. The van der Waals surface area contributed by atoms with Crippen LogP contribution >= 0.6 is 0 Å². The molecule has 1 heterocycles. The van der Waals surface area contributed by atoms with Crippen molar-refractivity contribution in [1.82, 2.24) is 10.2 Å². The molecule has 0 aliphatic heterocycles. The number of esters is 1. The summed E-state index contributed by atoms with van der Waals surface area (Å²) < 4.78 is 15.8. The summed E-state index contributed by atoms with van der Waals surface area (Å²) in [6.07, 6.45) is 0.883. The normalized spacial score (nSPS) is 10.4. The second kappa shape index (κ2) is 8.10. The van der Waals surface area contributed by atoms with Gasteiger partial charge in [0.2, 0.25) is 5.89 Å². The molecule has 0 radical (unpaired) electrons. The number of rotatable bonds is 7. The molecule has 3 aromatic rings. The van der Waals surface area contributed by atoms with E-state index >= 15 is 0 Å². The van der Waals surface area contributed by atoms with Gasteiger partial charge in [0.1, 0.15) is 5.75 Å². The average Bonchev–Trinajstić information content (AvgIpc) is 3.15. The standard InChI is InChI=1S/C19H18N2O4/c1-23-16-10-7-14(8-11-16)9-12-18(22)24-13-17-20-21-19(25-17)15-5-3-2-4-6-15/h2-8,10-11H,9,12-13H2,1H3. The van der Waals surface area contributed by atoms with Crippen molar-refractivity contribution in [2.45, 2.75) is 19.4 Å². The Hall–Kier alpha value is -3.15. The first kappa shape index (κ1) is 16.7. The number of carbonyl (C=O) groups excluding carboxylic acids is 1. The zero-order valence-electron chi connectivity index (χ0n) is 13.8. The van der Waals surface area contributed by atoms with E-state index in [0.717, 1.165) is 16.9 Å². The lowest BCUT2D eigenvalue weighted by atomic mass is 10.1. The molecule has 0 N–H and O–H groups in total. The third kappa shape index (κ3) is 4.67. The Labute approximate surface area is 145 Å².